The lowest BCUT2D eigenvalue weighted by molar-refractivity contribution is 0.340. The summed E-state index contributed by atoms with van der Waals surface area (Å²) in [4.78, 5) is 4.36. The zero-order valence-electron chi connectivity index (χ0n) is 11.7. The molecule has 4 nitrogen and oxygen atoms in total. The zero-order valence-corrected chi connectivity index (χ0v) is 11.7. The maximum Gasteiger partial charge on any atom is 0.138 e. The summed E-state index contributed by atoms with van der Waals surface area (Å²) < 4.78 is 11.4. The number of rotatable bonds is 4. The Bertz CT molecular complexity index is 754. The number of hydrogen-bond acceptors (Lipinski definition) is 4. The Kier molecular flexibility index (Phi) is 3.60. The molecule has 0 radical (unpaired) electrons. The summed E-state index contributed by atoms with van der Waals surface area (Å²) in [7, 11) is 0. The Hall–Kier alpha value is -2.75. The van der Waals surface area contributed by atoms with Gasteiger partial charge in [-0.15, -0.1) is 0 Å². The number of pyridine rings is 1. The van der Waals surface area contributed by atoms with Crippen LogP contribution in [0.25, 0.3) is 10.9 Å². The fourth-order valence-electron chi connectivity index (χ4n) is 2.11. The standard InChI is InChI=1S/C17H16N2O2/c1-2-20-14-7-8-15-16(11-14)19-10-9-17(15)21-13-5-3-12(18)4-6-13/h3-11H,2,18H2,1H3. The highest BCUT2D eigenvalue weighted by molar-refractivity contribution is 5.86. The molecular weight excluding hydrogens is 264 g/mol. The summed E-state index contributed by atoms with van der Waals surface area (Å²) in [6.45, 7) is 2.59. The zero-order chi connectivity index (χ0) is 14.7. The third kappa shape index (κ3) is 2.89. The van der Waals surface area contributed by atoms with Gasteiger partial charge in [0.1, 0.15) is 17.2 Å². The number of ether oxygens (including phenoxy) is 2. The fraction of sp³-hybridized carbons (Fsp3) is 0.118. The van der Waals surface area contributed by atoms with E-state index in [2.05, 4.69) is 4.98 Å². The SMILES string of the molecule is CCOc1ccc2c(Oc3ccc(N)cc3)ccnc2c1. The van der Waals surface area contributed by atoms with Crippen molar-refractivity contribution in [2.24, 2.45) is 0 Å². The van der Waals surface area contributed by atoms with E-state index in [0.29, 0.717) is 12.3 Å². The quantitative estimate of drug-likeness (QED) is 0.734. The van der Waals surface area contributed by atoms with Crippen LogP contribution in [0.2, 0.25) is 0 Å². The van der Waals surface area contributed by atoms with E-state index < -0.39 is 0 Å². The van der Waals surface area contributed by atoms with Crippen LogP contribution < -0.4 is 15.2 Å². The molecule has 106 valence electrons. The van der Waals surface area contributed by atoms with Gasteiger partial charge >= 0.3 is 0 Å². The van der Waals surface area contributed by atoms with Crippen molar-refractivity contribution in [3.8, 4) is 17.2 Å². The molecular formula is C17H16N2O2. The van der Waals surface area contributed by atoms with Gasteiger partial charge in [-0.05, 0) is 49.4 Å². The summed E-state index contributed by atoms with van der Waals surface area (Å²) in [6.07, 6.45) is 1.73. The smallest absolute Gasteiger partial charge is 0.138 e. The number of hydrogen-bond donors (Lipinski definition) is 1. The van der Waals surface area contributed by atoms with Gasteiger partial charge in [0.2, 0.25) is 0 Å². The molecule has 2 N–H and O–H groups in total. The van der Waals surface area contributed by atoms with Crippen LogP contribution >= 0.6 is 0 Å². The van der Waals surface area contributed by atoms with E-state index in [9.17, 15) is 0 Å². The molecule has 0 unspecified atom stereocenters. The average Bonchev–Trinajstić information content (AvgIpc) is 2.50. The molecule has 3 rings (SSSR count). The maximum atomic E-state index is 5.91. The third-order valence-corrected chi connectivity index (χ3v) is 3.09. The highest BCUT2D eigenvalue weighted by Crippen LogP contribution is 2.31. The Balaban J connectivity index is 1.96. The first-order valence-electron chi connectivity index (χ1n) is 6.81. The van der Waals surface area contributed by atoms with Crippen LogP contribution in [-0.4, -0.2) is 11.6 Å². The van der Waals surface area contributed by atoms with Gasteiger partial charge < -0.3 is 15.2 Å². The van der Waals surface area contributed by atoms with Crippen molar-refractivity contribution in [2.75, 3.05) is 12.3 Å². The molecule has 2 aromatic carbocycles. The summed E-state index contributed by atoms with van der Waals surface area (Å²) in [5.41, 5.74) is 7.23. The van der Waals surface area contributed by atoms with Crippen LogP contribution in [0.15, 0.2) is 54.7 Å². The van der Waals surface area contributed by atoms with Crippen molar-refractivity contribution in [2.45, 2.75) is 6.92 Å². The number of aromatic nitrogens is 1. The van der Waals surface area contributed by atoms with Crippen LogP contribution in [0.4, 0.5) is 5.69 Å². The molecule has 0 amide bonds. The Morgan fingerprint density at radius 3 is 2.52 bits per heavy atom. The number of fused-ring (bicyclic) bond motifs is 1. The van der Waals surface area contributed by atoms with Crippen LogP contribution in [0, 0.1) is 0 Å². The van der Waals surface area contributed by atoms with Gasteiger partial charge in [-0.2, -0.15) is 0 Å². The molecule has 0 aliphatic carbocycles. The van der Waals surface area contributed by atoms with Crippen molar-refractivity contribution >= 4 is 16.6 Å². The molecule has 0 spiro atoms. The maximum absolute atomic E-state index is 5.91. The Labute approximate surface area is 123 Å². The second-order valence-corrected chi connectivity index (χ2v) is 4.59. The number of nitrogens with two attached hydrogens (primary N) is 1. The molecule has 0 bridgehead atoms. The Morgan fingerprint density at radius 1 is 1.00 bits per heavy atom. The highest BCUT2D eigenvalue weighted by atomic mass is 16.5. The van der Waals surface area contributed by atoms with Gasteiger partial charge in [0.15, 0.2) is 0 Å². The van der Waals surface area contributed by atoms with Gasteiger partial charge in [-0.25, -0.2) is 0 Å². The third-order valence-electron chi connectivity index (χ3n) is 3.09. The summed E-state index contributed by atoms with van der Waals surface area (Å²) in [5.74, 6) is 2.31. The largest absolute Gasteiger partial charge is 0.494 e. The van der Waals surface area contributed by atoms with E-state index >= 15 is 0 Å². The second-order valence-electron chi connectivity index (χ2n) is 4.59. The first-order valence-corrected chi connectivity index (χ1v) is 6.81. The fourth-order valence-corrected chi connectivity index (χ4v) is 2.11. The number of nitrogens with zero attached hydrogens (tertiary/aromatic N) is 1. The number of anilines is 1. The monoisotopic (exact) mass is 280 g/mol. The average molecular weight is 280 g/mol. The van der Waals surface area contributed by atoms with E-state index in [1.165, 1.54) is 0 Å². The predicted octanol–water partition coefficient (Wildman–Crippen LogP) is 4.01. The molecule has 0 atom stereocenters. The Morgan fingerprint density at radius 2 is 1.76 bits per heavy atom. The molecule has 3 aromatic rings. The number of nitrogen functional groups attached to an aromatic ring is 1. The lowest BCUT2D eigenvalue weighted by Crippen LogP contribution is -1.92. The molecule has 0 aliphatic heterocycles. The molecule has 21 heavy (non-hydrogen) atoms. The molecule has 1 aromatic heterocycles. The van der Waals surface area contributed by atoms with Gasteiger partial charge in [-0.1, -0.05) is 0 Å². The predicted molar refractivity (Wildman–Crippen MR) is 83.8 cm³/mol. The molecule has 0 saturated carbocycles. The lowest BCUT2D eigenvalue weighted by atomic mass is 10.2. The first kappa shape index (κ1) is 13.2. The number of benzene rings is 2. The van der Waals surface area contributed by atoms with Crippen LogP contribution in [-0.2, 0) is 0 Å². The molecule has 0 fully saturated rings. The topological polar surface area (TPSA) is 57.4 Å². The minimum atomic E-state index is 0.632. The van der Waals surface area contributed by atoms with E-state index in [1.54, 1.807) is 6.20 Å². The van der Waals surface area contributed by atoms with E-state index in [-0.39, 0.29) is 0 Å². The first-order chi connectivity index (χ1) is 10.3. The lowest BCUT2D eigenvalue weighted by Gasteiger charge is -2.10. The highest BCUT2D eigenvalue weighted by Gasteiger charge is 2.06. The van der Waals surface area contributed by atoms with Crippen molar-refractivity contribution < 1.29 is 9.47 Å². The van der Waals surface area contributed by atoms with Gasteiger partial charge in [-0.3, -0.25) is 4.98 Å². The molecule has 1 heterocycles. The van der Waals surface area contributed by atoms with Crippen molar-refractivity contribution in [3.63, 3.8) is 0 Å². The van der Waals surface area contributed by atoms with Gasteiger partial charge in [0.25, 0.3) is 0 Å². The van der Waals surface area contributed by atoms with Crippen LogP contribution in [0.5, 0.6) is 17.2 Å². The summed E-state index contributed by atoms with van der Waals surface area (Å²) >= 11 is 0. The van der Waals surface area contributed by atoms with E-state index in [0.717, 1.165) is 28.2 Å². The summed E-state index contributed by atoms with van der Waals surface area (Å²) in [5, 5.41) is 0.942. The van der Waals surface area contributed by atoms with Crippen LogP contribution in [0.3, 0.4) is 0 Å². The van der Waals surface area contributed by atoms with Crippen LogP contribution in [0.1, 0.15) is 6.92 Å². The van der Waals surface area contributed by atoms with Crippen molar-refractivity contribution in [1.82, 2.24) is 4.98 Å². The molecule has 0 saturated heterocycles. The molecule has 0 aliphatic rings. The van der Waals surface area contributed by atoms with E-state index in [4.69, 9.17) is 15.2 Å². The summed E-state index contributed by atoms with van der Waals surface area (Å²) in [6, 6.07) is 14.9. The minimum absolute atomic E-state index is 0.632. The molecule has 4 heteroatoms. The van der Waals surface area contributed by atoms with Crippen molar-refractivity contribution in [3.05, 3.63) is 54.7 Å². The van der Waals surface area contributed by atoms with Crippen molar-refractivity contribution in [1.29, 1.82) is 0 Å². The normalized spacial score (nSPS) is 10.5. The minimum Gasteiger partial charge on any atom is -0.494 e. The van der Waals surface area contributed by atoms with Gasteiger partial charge in [0, 0.05) is 23.3 Å². The second kappa shape index (κ2) is 5.71. The van der Waals surface area contributed by atoms with E-state index in [1.807, 2.05) is 55.5 Å². The van der Waals surface area contributed by atoms with Gasteiger partial charge in [0.05, 0.1) is 12.1 Å².